The molecular weight excluding hydrogens is 457 g/mol. The molecule has 0 aliphatic carbocycles. The smallest absolute Gasteiger partial charge is 0.344 e. The second-order valence-electron chi connectivity index (χ2n) is 7.25. The van der Waals surface area contributed by atoms with Gasteiger partial charge in [-0.25, -0.2) is 18.2 Å². The zero-order valence-corrected chi connectivity index (χ0v) is 17.9. The molecule has 4 aromatic rings. The molecule has 11 heteroatoms. The third-order valence-electron chi connectivity index (χ3n) is 4.84. The maximum absolute atomic E-state index is 12.7. The number of rotatable bonds is 4. The normalized spacial score (nSPS) is 12.0. The molecule has 2 heterocycles. The first-order valence-electron chi connectivity index (χ1n) is 9.54. The van der Waals surface area contributed by atoms with Crippen LogP contribution in [-0.4, -0.2) is 30.7 Å². The number of sulfone groups is 1. The van der Waals surface area contributed by atoms with Gasteiger partial charge in [-0.2, -0.15) is 13.2 Å². The number of nitrogens with one attached hydrogen (secondary N) is 3. The first-order valence-corrected chi connectivity index (χ1v) is 11.4. The average molecular weight is 474 g/mol. The van der Waals surface area contributed by atoms with E-state index in [9.17, 15) is 26.4 Å². The van der Waals surface area contributed by atoms with E-state index in [-0.39, 0.29) is 10.6 Å². The fraction of sp³-hybridized carbons (Fsp3) is 0.0909. The summed E-state index contributed by atoms with van der Waals surface area (Å²) in [6.45, 7) is 0. The number of urea groups is 1. The summed E-state index contributed by atoms with van der Waals surface area (Å²) in [6, 6.07) is 13.3. The molecule has 7 nitrogen and oxygen atoms in total. The summed E-state index contributed by atoms with van der Waals surface area (Å²) in [5, 5.41) is 5.73. The van der Waals surface area contributed by atoms with Crippen LogP contribution in [0.1, 0.15) is 5.56 Å². The Morgan fingerprint density at radius 3 is 2.21 bits per heavy atom. The monoisotopic (exact) mass is 474 g/mol. The van der Waals surface area contributed by atoms with Crippen molar-refractivity contribution in [1.82, 2.24) is 9.97 Å². The van der Waals surface area contributed by atoms with Crippen molar-refractivity contribution >= 4 is 38.3 Å². The minimum Gasteiger partial charge on any atom is -0.344 e. The van der Waals surface area contributed by atoms with Crippen molar-refractivity contribution < 1.29 is 26.4 Å². The highest BCUT2D eigenvalue weighted by Gasteiger charge is 2.30. The Hall–Kier alpha value is -3.86. The molecule has 0 saturated carbocycles. The van der Waals surface area contributed by atoms with Crippen molar-refractivity contribution in [3.05, 3.63) is 72.4 Å². The summed E-state index contributed by atoms with van der Waals surface area (Å²) in [7, 11) is -3.30. The molecule has 2 aromatic heterocycles. The van der Waals surface area contributed by atoms with Gasteiger partial charge in [0, 0.05) is 29.1 Å². The largest absolute Gasteiger partial charge is 0.416 e. The summed E-state index contributed by atoms with van der Waals surface area (Å²) in [5.41, 5.74) is 1.64. The molecule has 0 aliphatic rings. The maximum Gasteiger partial charge on any atom is 0.416 e. The van der Waals surface area contributed by atoms with E-state index in [4.69, 9.17) is 0 Å². The van der Waals surface area contributed by atoms with Gasteiger partial charge in [0.2, 0.25) is 0 Å². The van der Waals surface area contributed by atoms with Gasteiger partial charge in [0.1, 0.15) is 5.65 Å². The lowest BCUT2D eigenvalue weighted by Crippen LogP contribution is -2.19. The quantitative estimate of drug-likeness (QED) is 0.374. The van der Waals surface area contributed by atoms with Crippen molar-refractivity contribution in [1.29, 1.82) is 0 Å². The van der Waals surface area contributed by atoms with E-state index in [2.05, 4.69) is 20.6 Å². The SMILES string of the molecule is CS(=O)(=O)c1ccc(-c2ccc3c(NC(=O)Nc4ccc(C(F)(F)F)cc4)c[nH]c3n2)cc1. The Bertz CT molecular complexity index is 1430. The molecule has 0 unspecified atom stereocenters. The minimum absolute atomic E-state index is 0.206. The van der Waals surface area contributed by atoms with Crippen LogP contribution < -0.4 is 10.6 Å². The number of carbonyl (C=O) groups is 1. The van der Waals surface area contributed by atoms with Crippen LogP contribution >= 0.6 is 0 Å². The summed E-state index contributed by atoms with van der Waals surface area (Å²) in [4.78, 5) is 19.9. The Kier molecular flexibility index (Phi) is 5.58. The highest BCUT2D eigenvalue weighted by Crippen LogP contribution is 2.30. The van der Waals surface area contributed by atoms with Gasteiger partial charge in [-0.3, -0.25) is 0 Å². The van der Waals surface area contributed by atoms with E-state index in [1.807, 2.05) is 0 Å². The zero-order valence-electron chi connectivity index (χ0n) is 17.1. The van der Waals surface area contributed by atoms with E-state index in [0.29, 0.717) is 28.0 Å². The van der Waals surface area contributed by atoms with Gasteiger partial charge in [0.15, 0.2) is 9.84 Å². The first-order chi connectivity index (χ1) is 15.5. The van der Waals surface area contributed by atoms with E-state index < -0.39 is 27.6 Å². The van der Waals surface area contributed by atoms with E-state index in [1.165, 1.54) is 24.3 Å². The molecule has 0 radical (unpaired) electrons. The van der Waals surface area contributed by atoms with Crippen LogP contribution in [0.15, 0.2) is 71.8 Å². The molecular formula is C22H17F3N4O3S. The minimum atomic E-state index is -4.45. The number of anilines is 2. The molecule has 0 bridgehead atoms. The standard InChI is InChI=1S/C22H17F3N4O3S/c1-33(31,32)16-8-2-13(3-9-16)18-11-10-17-19(12-26-20(17)28-18)29-21(30)27-15-6-4-14(5-7-15)22(23,24)25/h2-12H,1H3,(H,26,28)(H2,27,29,30). The fourth-order valence-electron chi connectivity index (χ4n) is 3.17. The predicted octanol–water partition coefficient (Wildman–Crippen LogP) is 5.30. The van der Waals surface area contributed by atoms with Gasteiger partial charge in [-0.05, 0) is 48.5 Å². The molecule has 3 N–H and O–H groups in total. The van der Waals surface area contributed by atoms with Gasteiger partial charge in [-0.15, -0.1) is 0 Å². The average Bonchev–Trinajstić information content (AvgIpc) is 3.15. The number of amides is 2. The fourth-order valence-corrected chi connectivity index (χ4v) is 3.80. The molecule has 170 valence electrons. The van der Waals surface area contributed by atoms with E-state index in [0.717, 1.165) is 18.4 Å². The van der Waals surface area contributed by atoms with Crippen LogP contribution in [0.4, 0.5) is 29.3 Å². The van der Waals surface area contributed by atoms with Crippen LogP contribution in [0.5, 0.6) is 0 Å². The maximum atomic E-state index is 12.7. The number of benzene rings is 2. The number of carbonyl (C=O) groups excluding carboxylic acids is 1. The molecule has 0 atom stereocenters. The van der Waals surface area contributed by atoms with Gasteiger partial charge in [-0.1, -0.05) is 12.1 Å². The number of pyridine rings is 1. The van der Waals surface area contributed by atoms with Crippen molar-refractivity contribution in [2.75, 3.05) is 16.9 Å². The molecule has 0 spiro atoms. The Labute approximate surface area is 186 Å². The number of halogens is 3. The number of hydrogen-bond donors (Lipinski definition) is 3. The summed E-state index contributed by atoms with van der Waals surface area (Å²) < 4.78 is 61.2. The van der Waals surface area contributed by atoms with Crippen LogP contribution in [0.2, 0.25) is 0 Å². The Balaban J connectivity index is 1.49. The Morgan fingerprint density at radius 1 is 0.939 bits per heavy atom. The van der Waals surface area contributed by atoms with Crippen molar-refractivity contribution in [2.45, 2.75) is 11.1 Å². The van der Waals surface area contributed by atoms with Crippen molar-refractivity contribution in [2.24, 2.45) is 0 Å². The number of nitrogens with zero attached hydrogens (tertiary/aromatic N) is 1. The summed E-state index contributed by atoms with van der Waals surface area (Å²) in [5.74, 6) is 0. The molecule has 2 aromatic carbocycles. The van der Waals surface area contributed by atoms with Crippen molar-refractivity contribution in [3.8, 4) is 11.3 Å². The summed E-state index contributed by atoms with van der Waals surface area (Å²) >= 11 is 0. The molecule has 0 aliphatic heterocycles. The van der Waals surface area contributed by atoms with E-state index >= 15 is 0 Å². The molecule has 4 rings (SSSR count). The number of fused-ring (bicyclic) bond motifs is 1. The third kappa shape index (κ3) is 4.98. The van der Waals surface area contributed by atoms with Crippen molar-refractivity contribution in [3.63, 3.8) is 0 Å². The highest BCUT2D eigenvalue weighted by molar-refractivity contribution is 7.90. The zero-order chi connectivity index (χ0) is 23.8. The molecule has 33 heavy (non-hydrogen) atoms. The lowest BCUT2D eigenvalue weighted by Gasteiger charge is -2.09. The highest BCUT2D eigenvalue weighted by atomic mass is 32.2. The number of hydrogen-bond acceptors (Lipinski definition) is 4. The predicted molar refractivity (Wildman–Crippen MR) is 119 cm³/mol. The molecule has 0 saturated heterocycles. The van der Waals surface area contributed by atoms with Gasteiger partial charge >= 0.3 is 12.2 Å². The topological polar surface area (TPSA) is 104 Å². The number of H-pyrrole nitrogens is 1. The number of aromatic nitrogens is 2. The molecule has 0 fully saturated rings. The lowest BCUT2D eigenvalue weighted by atomic mass is 10.1. The van der Waals surface area contributed by atoms with Crippen LogP contribution in [-0.2, 0) is 16.0 Å². The summed E-state index contributed by atoms with van der Waals surface area (Å²) in [6.07, 6.45) is -1.78. The van der Waals surface area contributed by atoms with Crippen LogP contribution in [0, 0.1) is 0 Å². The second-order valence-corrected chi connectivity index (χ2v) is 9.26. The number of alkyl halides is 3. The van der Waals surface area contributed by atoms with Gasteiger partial charge in [0.25, 0.3) is 0 Å². The number of aromatic amines is 1. The second kappa shape index (κ2) is 8.24. The molecule has 2 amide bonds. The lowest BCUT2D eigenvalue weighted by molar-refractivity contribution is -0.137. The van der Waals surface area contributed by atoms with Gasteiger partial charge in [0.05, 0.1) is 21.8 Å². The first kappa shape index (κ1) is 22.3. The van der Waals surface area contributed by atoms with E-state index in [1.54, 1.807) is 30.5 Å². The van der Waals surface area contributed by atoms with Crippen LogP contribution in [0.25, 0.3) is 22.3 Å². The Morgan fingerprint density at radius 2 is 1.61 bits per heavy atom. The van der Waals surface area contributed by atoms with Crippen LogP contribution in [0.3, 0.4) is 0 Å². The third-order valence-corrected chi connectivity index (χ3v) is 5.96. The van der Waals surface area contributed by atoms with Gasteiger partial charge < -0.3 is 15.6 Å².